The molecule has 0 fully saturated rings. The molecule has 0 spiro atoms. The first-order chi connectivity index (χ1) is 17.8. The fourth-order valence-corrected chi connectivity index (χ4v) is 4.46. The molecule has 200 valence electrons. The van der Waals surface area contributed by atoms with Crippen LogP contribution in [0.1, 0.15) is 39.5 Å². The molecule has 12 heteroatoms. The highest BCUT2D eigenvalue weighted by Crippen LogP contribution is 2.33. The predicted octanol–water partition coefficient (Wildman–Crippen LogP) is 5.08. The highest BCUT2D eigenvalue weighted by Gasteiger charge is 2.25. The van der Waals surface area contributed by atoms with E-state index >= 15 is 0 Å². The number of carbonyl (C=O) groups excluding carboxylic acids is 1. The van der Waals surface area contributed by atoms with Crippen LogP contribution in [0.2, 0.25) is 5.02 Å². The molecule has 1 atom stereocenters. The SMILES string of the molecule is CNc1cc2c(cn1)cc(-c1cc(NC(=O)Nc3cnn(C(C)(C)C)c3C(C)O)c(F)cc1Cl)c(=O)n2C. The Balaban J connectivity index is 1.70. The Morgan fingerprint density at radius 1 is 1.11 bits per heavy atom. The Hall–Kier alpha value is -3.96. The number of rotatable bonds is 5. The Morgan fingerprint density at radius 3 is 2.42 bits per heavy atom. The number of hydrogen-bond donors (Lipinski definition) is 4. The summed E-state index contributed by atoms with van der Waals surface area (Å²) in [7, 11) is 3.35. The summed E-state index contributed by atoms with van der Waals surface area (Å²) in [6.45, 7) is 7.29. The number of halogens is 2. The normalized spacial score (nSPS) is 12.4. The Kier molecular flexibility index (Phi) is 7.18. The van der Waals surface area contributed by atoms with Crippen molar-refractivity contribution in [2.24, 2.45) is 7.05 Å². The smallest absolute Gasteiger partial charge is 0.323 e. The number of nitrogens with one attached hydrogen (secondary N) is 3. The van der Waals surface area contributed by atoms with Crippen LogP contribution < -0.4 is 21.5 Å². The molecule has 4 aromatic rings. The Bertz CT molecular complexity index is 1610. The average molecular weight is 542 g/mol. The maximum absolute atomic E-state index is 14.8. The maximum Gasteiger partial charge on any atom is 0.323 e. The predicted molar refractivity (Wildman–Crippen MR) is 147 cm³/mol. The Morgan fingerprint density at radius 2 is 1.79 bits per heavy atom. The highest BCUT2D eigenvalue weighted by molar-refractivity contribution is 6.33. The third-order valence-electron chi connectivity index (χ3n) is 6.05. The van der Waals surface area contributed by atoms with Crippen molar-refractivity contribution in [1.82, 2.24) is 19.3 Å². The number of urea groups is 1. The van der Waals surface area contributed by atoms with Gasteiger partial charge in [0.1, 0.15) is 11.6 Å². The van der Waals surface area contributed by atoms with Crippen molar-refractivity contribution in [2.75, 3.05) is 23.0 Å². The number of carbonyl (C=O) groups is 1. The second-order valence-corrected chi connectivity index (χ2v) is 10.3. The lowest BCUT2D eigenvalue weighted by Crippen LogP contribution is -2.27. The van der Waals surface area contributed by atoms with Crippen LogP contribution in [0.15, 0.2) is 41.5 Å². The van der Waals surface area contributed by atoms with Crippen molar-refractivity contribution >= 4 is 45.7 Å². The molecule has 0 aliphatic carbocycles. The molecule has 1 unspecified atom stereocenters. The van der Waals surface area contributed by atoms with Gasteiger partial charge in [0.2, 0.25) is 0 Å². The minimum Gasteiger partial charge on any atom is -0.387 e. The fourth-order valence-electron chi connectivity index (χ4n) is 4.21. The molecule has 3 aromatic heterocycles. The molecule has 0 aliphatic heterocycles. The van der Waals surface area contributed by atoms with Crippen LogP contribution in [-0.4, -0.2) is 37.5 Å². The van der Waals surface area contributed by atoms with Crippen LogP contribution in [-0.2, 0) is 12.6 Å². The largest absolute Gasteiger partial charge is 0.387 e. The second-order valence-electron chi connectivity index (χ2n) is 9.89. The van der Waals surface area contributed by atoms with Gasteiger partial charge in [-0.05, 0) is 45.9 Å². The summed E-state index contributed by atoms with van der Waals surface area (Å²) in [5.74, 6) is -0.183. The summed E-state index contributed by atoms with van der Waals surface area (Å²) in [5, 5.41) is 23.3. The number of aliphatic hydroxyl groups is 1. The molecule has 0 saturated heterocycles. The first-order valence-electron chi connectivity index (χ1n) is 11.8. The molecule has 3 heterocycles. The molecular formula is C26H29ClFN7O3. The summed E-state index contributed by atoms with van der Waals surface area (Å²) >= 11 is 6.35. The van der Waals surface area contributed by atoms with Gasteiger partial charge in [-0.1, -0.05) is 11.6 Å². The van der Waals surface area contributed by atoms with E-state index in [9.17, 15) is 19.1 Å². The number of amides is 2. The van der Waals surface area contributed by atoms with Gasteiger partial charge in [-0.2, -0.15) is 5.10 Å². The third-order valence-corrected chi connectivity index (χ3v) is 6.36. The minimum absolute atomic E-state index is 0.00700. The van der Waals surface area contributed by atoms with Gasteiger partial charge >= 0.3 is 6.03 Å². The van der Waals surface area contributed by atoms with Crippen molar-refractivity contribution in [3.63, 3.8) is 0 Å². The fraction of sp³-hybridized carbons (Fsp3) is 0.308. The van der Waals surface area contributed by atoms with Crippen LogP contribution in [0.5, 0.6) is 0 Å². The zero-order chi connectivity index (χ0) is 27.9. The number of hydrogen-bond acceptors (Lipinski definition) is 6. The number of fused-ring (bicyclic) bond motifs is 1. The first-order valence-corrected chi connectivity index (χ1v) is 12.2. The number of pyridine rings is 2. The molecule has 2 amide bonds. The first kappa shape index (κ1) is 27.1. The molecule has 0 saturated carbocycles. The number of aromatic nitrogens is 4. The van der Waals surface area contributed by atoms with Gasteiger partial charge in [0.05, 0.1) is 45.4 Å². The Labute approximate surface area is 223 Å². The number of aliphatic hydroxyl groups excluding tert-OH is 1. The molecule has 0 radical (unpaired) electrons. The molecule has 1 aromatic carbocycles. The topological polar surface area (TPSA) is 126 Å². The van der Waals surface area contributed by atoms with Crippen molar-refractivity contribution in [3.8, 4) is 11.1 Å². The van der Waals surface area contributed by atoms with Crippen LogP contribution in [0.25, 0.3) is 22.0 Å². The van der Waals surface area contributed by atoms with Gasteiger partial charge < -0.3 is 25.6 Å². The molecule has 38 heavy (non-hydrogen) atoms. The average Bonchev–Trinajstić information content (AvgIpc) is 3.27. The molecule has 4 rings (SSSR count). The zero-order valence-electron chi connectivity index (χ0n) is 21.8. The van der Waals surface area contributed by atoms with Crippen LogP contribution in [0, 0.1) is 5.82 Å². The lowest BCUT2D eigenvalue weighted by atomic mass is 10.0. The van der Waals surface area contributed by atoms with Crippen LogP contribution in [0.3, 0.4) is 0 Å². The van der Waals surface area contributed by atoms with E-state index in [1.165, 1.54) is 16.8 Å². The van der Waals surface area contributed by atoms with Crippen LogP contribution in [0.4, 0.5) is 26.4 Å². The van der Waals surface area contributed by atoms with E-state index in [0.717, 1.165) is 6.07 Å². The molecule has 4 N–H and O–H groups in total. The summed E-state index contributed by atoms with van der Waals surface area (Å²) < 4.78 is 17.9. The summed E-state index contributed by atoms with van der Waals surface area (Å²) in [6.07, 6.45) is 2.11. The van der Waals surface area contributed by atoms with Crippen molar-refractivity contribution < 1.29 is 14.3 Å². The van der Waals surface area contributed by atoms with Gasteiger partial charge in [0.25, 0.3) is 5.56 Å². The number of aryl methyl sites for hydroxylation is 1. The summed E-state index contributed by atoms with van der Waals surface area (Å²) in [4.78, 5) is 30.3. The number of anilines is 3. The van der Waals surface area contributed by atoms with Gasteiger partial charge in [-0.25, -0.2) is 14.2 Å². The molecule has 0 bridgehead atoms. The van der Waals surface area contributed by atoms with E-state index in [2.05, 4.69) is 26.0 Å². The third kappa shape index (κ3) is 5.07. The lowest BCUT2D eigenvalue weighted by molar-refractivity contribution is 0.176. The minimum atomic E-state index is -0.923. The quantitative estimate of drug-likeness (QED) is 0.279. The van der Waals surface area contributed by atoms with Crippen LogP contribution >= 0.6 is 11.6 Å². The van der Waals surface area contributed by atoms with Crippen molar-refractivity contribution in [3.05, 3.63) is 63.5 Å². The van der Waals surface area contributed by atoms with E-state index < -0.39 is 23.5 Å². The molecule has 10 nitrogen and oxygen atoms in total. The lowest BCUT2D eigenvalue weighted by Gasteiger charge is -2.24. The van der Waals surface area contributed by atoms with Gasteiger partial charge in [-0.15, -0.1) is 0 Å². The van der Waals surface area contributed by atoms with Gasteiger partial charge in [0, 0.05) is 42.9 Å². The number of nitrogens with zero attached hydrogens (tertiary/aromatic N) is 4. The van der Waals surface area contributed by atoms with E-state index in [0.29, 0.717) is 22.4 Å². The van der Waals surface area contributed by atoms with E-state index in [1.807, 2.05) is 20.8 Å². The maximum atomic E-state index is 14.8. The highest BCUT2D eigenvalue weighted by atomic mass is 35.5. The molecule has 0 aliphatic rings. The van der Waals surface area contributed by atoms with E-state index in [1.54, 1.807) is 44.0 Å². The van der Waals surface area contributed by atoms with Crippen molar-refractivity contribution in [2.45, 2.75) is 39.3 Å². The monoisotopic (exact) mass is 541 g/mol. The number of benzene rings is 1. The van der Waals surface area contributed by atoms with Gasteiger partial charge in [0.15, 0.2) is 0 Å². The van der Waals surface area contributed by atoms with E-state index in [-0.39, 0.29) is 33.1 Å². The summed E-state index contributed by atoms with van der Waals surface area (Å²) in [5.41, 5.74) is 0.803. The summed E-state index contributed by atoms with van der Waals surface area (Å²) in [6, 6.07) is 4.96. The van der Waals surface area contributed by atoms with Crippen molar-refractivity contribution in [1.29, 1.82) is 0 Å². The zero-order valence-corrected chi connectivity index (χ0v) is 22.6. The standard InChI is InChI=1S/C26H29ClFN7O3/c1-13(36)23-20(12-31-35(23)26(2,3)4)33-25(38)32-19-8-15(17(27)9-18(19)28)16-7-14-11-30-22(29-5)10-21(14)34(6)24(16)37/h7-13,36H,1-6H3,(H,29,30)(H2,32,33,38). The van der Waals surface area contributed by atoms with Gasteiger partial charge in [-0.3, -0.25) is 9.48 Å². The van der Waals surface area contributed by atoms with E-state index in [4.69, 9.17) is 11.6 Å². The second kappa shape index (κ2) is 10.1. The molecular weight excluding hydrogens is 513 g/mol.